The largest absolute Gasteiger partial charge is 0.388 e. The standard InChI is InChI=1S/C17H14BrNO/c18-13-5-1-4-12(10-13)11-17(20)15-6-2-8-16-14(15)7-3-9-19-16/h1-10,17,20H,11H2. The van der Waals surface area contributed by atoms with Crippen molar-refractivity contribution in [2.24, 2.45) is 0 Å². The van der Waals surface area contributed by atoms with Crippen LogP contribution in [0.25, 0.3) is 10.9 Å². The molecule has 3 heteroatoms. The first-order valence-corrected chi connectivity index (χ1v) is 7.29. The molecule has 1 atom stereocenters. The molecule has 0 radical (unpaired) electrons. The Balaban J connectivity index is 1.94. The molecular weight excluding hydrogens is 314 g/mol. The normalized spacial score (nSPS) is 12.5. The van der Waals surface area contributed by atoms with E-state index in [4.69, 9.17) is 0 Å². The molecule has 3 rings (SSSR count). The lowest BCUT2D eigenvalue weighted by atomic mass is 9.98. The van der Waals surface area contributed by atoms with E-state index < -0.39 is 6.10 Å². The van der Waals surface area contributed by atoms with Crippen molar-refractivity contribution in [2.75, 3.05) is 0 Å². The molecule has 2 nitrogen and oxygen atoms in total. The van der Waals surface area contributed by atoms with E-state index in [9.17, 15) is 5.11 Å². The molecule has 0 saturated carbocycles. The molecule has 0 amide bonds. The number of hydrogen-bond donors (Lipinski definition) is 1. The van der Waals surface area contributed by atoms with Gasteiger partial charge in [-0.05, 0) is 35.4 Å². The summed E-state index contributed by atoms with van der Waals surface area (Å²) < 4.78 is 1.03. The molecule has 2 aromatic carbocycles. The van der Waals surface area contributed by atoms with Gasteiger partial charge in [0.05, 0.1) is 11.6 Å². The van der Waals surface area contributed by atoms with Crippen molar-refractivity contribution in [3.63, 3.8) is 0 Å². The van der Waals surface area contributed by atoms with Gasteiger partial charge in [0.15, 0.2) is 0 Å². The molecule has 1 aromatic heterocycles. The van der Waals surface area contributed by atoms with Gasteiger partial charge < -0.3 is 5.11 Å². The highest BCUT2D eigenvalue weighted by Gasteiger charge is 2.12. The van der Waals surface area contributed by atoms with E-state index >= 15 is 0 Å². The Kier molecular flexibility index (Phi) is 3.81. The third-order valence-corrected chi connectivity index (χ3v) is 3.85. The highest BCUT2D eigenvalue weighted by atomic mass is 79.9. The minimum atomic E-state index is -0.530. The molecule has 20 heavy (non-hydrogen) atoms. The number of hydrogen-bond acceptors (Lipinski definition) is 2. The van der Waals surface area contributed by atoms with Crippen molar-refractivity contribution in [1.29, 1.82) is 0 Å². The first kappa shape index (κ1) is 13.3. The molecule has 1 unspecified atom stereocenters. The van der Waals surface area contributed by atoms with Crippen molar-refractivity contribution in [2.45, 2.75) is 12.5 Å². The number of aliphatic hydroxyl groups is 1. The second-order valence-corrected chi connectivity index (χ2v) is 5.68. The lowest BCUT2D eigenvalue weighted by Gasteiger charge is -2.13. The topological polar surface area (TPSA) is 33.1 Å². The lowest BCUT2D eigenvalue weighted by Crippen LogP contribution is -2.02. The van der Waals surface area contributed by atoms with Gasteiger partial charge in [-0.3, -0.25) is 4.98 Å². The third-order valence-electron chi connectivity index (χ3n) is 3.36. The van der Waals surface area contributed by atoms with Crippen molar-refractivity contribution >= 4 is 26.8 Å². The molecular formula is C17H14BrNO. The van der Waals surface area contributed by atoms with Crippen LogP contribution >= 0.6 is 15.9 Å². The van der Waals surface area contributed by atoms with Gasteiger partial charge in [-0.15, -0.1) is 0 Å². The molecule has 0 aliphatic rings. The van der Waals surface area contributed by atoms with Crippen molar-refractivity contribution in [3.05, 3.63) is 76.4 Å². The van der Waals surface area contributed by atoms with Crippen LogP contribution in [-0.2, 0) is 6.42 Å². The Bertz CT molecular complexity index is 736. The number of nitrogens with zero attached hydrogens (tertiary/aromatic N) is 1. The van der Waals surface area contributed by atoms with Gasteiger partial charge in [-0.1, -0.05) is 46.3 Å². The van der Waals surface area contributed by atoms with Crippen molar-refractivity contribution in [1.82, 2.24) is 4.98 Å². The summed E-state index contributed by atoms with van der Waals surface area (Å²) in [6.45, 7) is 0. The van der Waals surface area contributed by atoms with Crippen LogP contribution in [0.15, 0.2) is 65.3 Å². The Morgan fingerprint density at radius 3 is 2.75 bits per heavy atom. The highest BCUT2D eigenvalue weighted by Crippen LogP contribution is 2.26. The van der Waals surface area contributed by atoms with Gasteiger partial charge in [0, 0.05) is 22.5 Å². The van der Waals surface area contributed by atoms with Crippen LogP contribution in [0.1, 0.15) is 17.2 Å². The minimum absolute atomic E-state index is 0.530. The van der Waals surface area contributed by atoms with Crippen LogP contribution in [0.2, 0.25) is 0 Å². The first-order chi connectivity index (χ1) is 9.74. The summed E-state index contributed by atoms with van der Waals surface area (Å²) in [5, 5.41) is 11.5. The van der Waals surface area contributed by atoms with Crippen LogP contribution in [0.4, 0.5) is 0 Å². The summed E-state index contributed by atoms with van der Waals surface area (Å²) in [7, 11) is 0. The quantitative estimate of drug-likeness (QED) is 0.779. The lowest BCUT2D eigenvalue weighted by molar-refractivity contribution is 0.180. The zero-order valence-corrected chi connectivity index (χ0v) is 12.4. The summed E-state index contributed by atoms with van der Waals surface area (Å²) in [5.41, 5.74) is 2.95. The fourth-order valence-corrected chi connectivity index (χ4v) is 2.86. The number of benzene rings is 2. The summed E-state index contributed by atoms with van der Waals surface area (Å²) in [6, 6.07) is 17.8. The number of rotatable bonds is 3. The van der Waals surface area contributed by atoms with E-state index in [2.05, 4.69) is 20.9 Å². The van der Waals surface area contributed by atoms with E-state index in [-0.39, 0.29) is 0 Å². The smallest absolute Gasteiger partial charge is 0.0836 e. The van der Waals surface area contributed by atoms with Gasteiger partial charge >= 0.3 is 0 Å². The SMILES string of the molecule is OC(Cc1cccc(Br)c1)c1cccc2ncccc12. The number of fused-ring (bicyclic) bond motifs is 1. The Morgan fingerprint density at radius 1 is 1.05 bits per heavy atom. The zero-order chi connectivity index (χ0) is 13.9. The Labute approximate surface area is 126 Å². The summed E-state index contributed by atoms with van der Waals surface area (Å²) in [4.78, 5) is 4.33. The molecule has 3 aromatic rings. The summed E-state index contributed by atoms with van der Waals surface area (Å²) in [5.74, 6) is 0. The van der Waals surface area contributed by atoms with E-state index in [1.165, 1.54) is 0 Å². The fraction of sp³-hybridized carbons (Fsp3) is 0.118. The second kappa shape index (κ2) is 5.73. The molecule has 0 aliphatic heterocycles. The van der Waals surface area contributed by atoms with Crippen LogP contribution < -0.4 is 0 Å². The maximum atomic E-state index is 10.5. The fourth-order valence-electron chi connectivity index (χ4n) is 2.41. The first-order valence-electron chi connectivity index (χ1n) is 6.50. The number of pyridine rings is 1. The molecule has 0 aliphatic carbocycles. The Hall–Kier alpha value is -1.71. The monoisotopic (exact) mass is 327 g/mol. The van der Waals surface area contributed by atoms with Gasteiger partial charge in [0.25, 0.3) is 0 Å². The third kappa shape index (κ3) is 2.74. The van der Waals surface area contributed by atoms with Gasteiger partial charge in [-0.25, -0.2) is 0 Å². The molecule has 0 fully saturated rings. The van der Waals surface area contributed by atoms with Gasteiger partial charge in [0.2, 0.25) is 0 Å². The van der Waals surface area contributed by atoms with Gasteiger partial charge in [0.1, 0.15) is 0 Å². The van der Waals surface area contributed by atoms with Crippen molar-refractivity contribution < 1.29 is 5.11 Å². The number of aliphatic hydroxyl groups excluding tert-OH is 1. The van der Waals surface area contributed by atoms with Crippen LogP contribution in [0, 0.1) is 0 Å². The average molecular weight is 328 g/mol. The molecule has 1 N–H and O–H groups in total. The summed E-state index contributed by atoms with van der Waals surface area (Å²) >= 11 is 3.46. The molecule has 0 spiro atoms. The molecule has 1 heterocycles. The maximum Gasteiger partial charge on any atom is 0.0836 e. The van der Waals surface area contributed by atoms with E-state index in [1.807, 2.05) is 54.6 Å². The van der Waals surface area contributed by atoms with Crippen LogP contribution in [0.5, 0.6) is 0 Å². The zero-order valence-electron chi connectivity index (χ0n) is 10.8. The van der Waals surface area contributed by atoms with E-state index in [0.717, 1.165) is 26.5 Å². The predicted molar refractivity (Wildman–Crippen MR) is 84.5 cm³/mol. The van der Waals surface area contributed by atoms with Crippen molar-refractivity contribution in [3.8, 4) is 0 Å². The maximum absolute atomic E-state index is 10.5. The molecule has 0 saturated heterocycles. The minimum Gasteiger partial charge on any atom is -0.388 e. The van der Waals surface area contributed by atoms with E-state index in [1.54, 1.807) is 6.20 Å². The van der Waals surface area contributed by atoms with Gasteiger partial charge in [-0.2, -0.15) is 0 Å². The Morgan fingerprint density at radius 2 is 1.90 bits per heavy atom. The van der Waals surface area contributed by atoms with Crippen LogP contribution in [0.3, 0.4) is 0 Å². The number of halogens is 1. The van der Waals surface area contributed by atoms with Crippen LogP contribution in [-0.4, -0.2) is 10.1 Å². The molecule has 100 valence electrons. The van der Waals surface area contributed by atoms with E-state index in [0.29, 0.717) is 6.42 Å². The second-order valence-electron chi connectivity index (χ2n) is 4.77. The molecule has 0 bridgehead atoms. The predicted octanol–water partition coefficient (Wildman–Crippen LogP) is 4.27. The highest BCUT2D eigenvalue weighted by molar-refractivity contribution is 9.10. The summed E-state index contributed by atoms with van der Waals surface area (Å²) in [6.07, 6.45) is 1.83. The average Bonchev–Trinajstić information content (AvgIpc) is 2.46. The number of aromatic nitrogens is 1.